The molecule has 0 amide bonds. The summed E-state index contributed by atoms with van der Waals surface area (Å²) in [5, 5.41) is 9.48. The molecule has 7 rings (SSSR count). The number of para-hydroxylation sites is 1. The van der Waals surface area contributed by atoms with Crippen LogP contribution in [0.5, 0.6) is 0 Å². The predicted octanol–water partition coefficient (Wildman–Crippen LogP) is 6.09. The van der Waals surface area contributed by atoms with E-state index in [-0.39, 0.29) is 0 Å². The first-order valence-corrected chi connectivity index (χ1v) is 11.6. The van der Waals surface area contributed by atoms with Crippen molar-refractivity contribution in [3.05, 3.63) is 75.8 Å². The van der Waals surface area contributed by atoms with Gasteiger partial charge >= 0.3 is 0 Å². The van der Waals surface area contributed by atoms with E-state index < -0.39 is 0 Å². The van der Waals surface area contributed by atoms with Gasteiger partial charge in [0.2, 0.25) is 5.95 Å². The fourth-order valence-corrected chi connectivity index (χ4v) is 5.64. The van der Waals surface area contributed by atoms with E-state index in [4.69, 9.17) is 23.2 Å². The molecule has 0 unspecified atom stereocenters. The van der Waals surface area contributed by atoms with Crippen molar-refractivity contribution < 1.29 is 0 Å². The van der Waals surface area contributed by atoms with Gasteiger partial charge in [0.15, 0.2) is 0 Å². The Kier molecular flexibility index (Phi) is 3.96. The molecule has 6 aromatic rings. The van der Waals surface area contributed by atoms with Crippen LogP contribution in [0.1, 0.15) is 16.8 Å². The quantitative estimate of drug-likeness (QED) is 0.294. The SMILES string of the molecule is Cc1cccc2c3cc(Cl)c4nccc4c3c3c4c([nH]n3c12)CCN(c1ncc(Cl)cn1)C4. The van der Waals surface area contributed by atoms with Crippen molar-refractivity contribution in [3.63, 3.8) is 0 Å². The highest BCUT2D eigenvalue weighted by molar-refractivity contribution is 6.39. The second kappa shape index (κ2) is 6.83. The molecular weight excluding hydrogens is 455 g/mol. The molecular formula is C25H18Cl2N6. The summed E-state index contributed by atoms with van der Waals surface area (Å²) in [6, 6.07) is 10.6. The number of hydrogen-bond acceptors (Lipinski definition) is 4. The topological polar surface area (TPSA) is 62.1 Å². The summed E-state index contributed by atoms with van der Waals surface area (Å²) in [4.78, 5) is 15.7. The second-order valence-electron chi connectivity index (χ2n) is 8.58. The maximum Gasteiger partial charge on any atom is 0.225 e. The Morgan fingerprint density at radius 1 is 0.970 bits per heavy atom. The van der Waals surface area contributed by atoms with Gasteiger partial charge < -0.3 is 4.90 Å². The summed E-state index contributed by atoms with van der Waals surface area (Å²) in [7, 11) is 0. The number of anilines is 1. The summed E-state index contributed by atoms with van der Waals surface area (Å²) in [6.07, 6.45) is 6.00. The van der Waals surface area contributed by atoms with Crippen LogP contribution in [0.15, 0.2) is 48.9 Å². The minimum Gasteiger partial charge on any atom is -0.336 e. The molecule has 2 aromatic carbocycles. The molecule has 1 N–H and O–H groups in total. The maximum absolute atomic E-state index is 6.69. The van der Waals surface area contributed by atoms with Gasteiger partial charge in [0.25, 0.3) is 0 Å². The van der Waals surface area contributed by atoms with E-state index in [2.05, 4.69) is 66.7 Å². The van der Waals surface area contributed by atoms with Crippen LogP contribution >= 0.6 is 23.2 Å². The monoisotopic (exact) mass is 472 g/mol. The highest BCUT2D eigenvalue weighted by Gasteiger charge is 2.26. The average molecular weight is 473 g/mol. The first kappa shape index (κ1) is 19.1. The number of benzene rings is 2. The number of aromatic amines is 1. The maximum atomic E-state index is 6.69. The van der Waals surface area contributed by atoms with Crippen molar-refractivity contribution in [2.24, 2.45) is 0 Å². The number of fused-ring (bicyclic) bond motifs is 10. The molecule has 0 saturated heterocycles. The van der Waals surface area contributed by atoms with E-state index in [9.17, 15) is 0 Å². The molecule has 0 radical (unpaired) electrons. The number of nitrogens with zero attached hydrogens (tertiary/aromatic N) is 5. The van der Waals surface area contributed by atoms with Crippen LogP contribution in [0.4, 0.5) is 5.95 Å². The van der Waals surface area contributed by atoms with Crippen LogP contribution in [0.3, 0.4) is 0 Å². The fourth-order valence-electron chi connectivity index (χ4n) is 5.28. The van der Waals surface area contributed by atoms with Crippen LogP contribution in [0, 0.1) is 6.92 Å². The third-order valence-electron chi connectivity index (χ3n) is 6.71. The minimum atomic E-state index is 0.537. The van der Waals surface area contributed by atoms with E-state index in [0.29, 0.717) is 22.5 Å². The van der Waals surface area contributed by atoms with Gasteiger partial charge in [-0.25, -0.2) is 9.97 Å². The Bertz CT molecular complexity index is 1730. The molecule has 0 saturated carbocycles. The van der Waals surface area contributed by atoms with Gasteiger partial charge in [-0.05, 0) is 30.0 Å². The lowest BCUT2D eigenvalue weighted by atomic mass is 9.97. The zero-order valence-corrected chi connectivity index (χ0v) is 19.2. The molecule has 5 heterocycles. The Morgan fingerprint density at radius 3 is 2.67 bits per heavy atom. The van der Waals surface area contributed by atoms with Crippen LogP contribution < -0.4 is 4.90 Å². The van der Waals surface area contributed by atoms with Crippen molar-refractivity contribution >= 4 is 67.2 Å². The van der Waals surface area contributed by atoms with Gasteiger partial charge in [-0.2, -0.15) is 0 Å². The number of aryl methyl sites for hydroxylation is 1. The van der Waals surface area contributed by atoms with Crippen molar-refractivity contribution in [1.29, 1.82) is 0 Å². The Balaban J connectivity index is 1.61. The van der Waals surface area contributed by atoms with E-state index in [1.165, 1.54) is 33.1 Å². The third kappa shape index (κ3) is 2.65. The normalized spacial score (nSPS) is 14.1. The van der Waals surface area contributed by atoms with Gasteiger partial charge in [0, 0.05) is 53.1 Å². The second-order valence-corrected chi connectivity index (χ2v) is 9.43. The van der Waals surface area contributed by atoms with Gasteiger partial charge in [-0.3, -0.25) is 14.6 Å². The molecule has 33 heavy (non-hydrogen) atoms. The van der Waals surface area contributed by atoms with Crippen molar-refractivity contribution in [1.82, 2.24) is 24.6 Å². The summed E-state index contributed by atoms with van der Waals surface area (Å²) in [5.74, 6) is 0.689. The van der Waals surface area contributed by atoms with Gasteiger partial charge in [0.1, 0.15) is 0 Å². The number of hydrogen-bond donors (Lipinski definition) is 1. The van der Waals surface area contributed by atoms with Gasteiger partial charge in [0.05, 0.1) is 39.0 Å². The van der Waals surface area contributed by atoms with Crippen LogP contribution in [-0.2, 0) is 13.0 Å². The first-order chi connectivity index (χ1) is 16.1. The highest BCUT2D eigenvalue weighted by Crippen LogP contribution is 2.41. The van der Waals surface area contributed by atoms with Crippen LogP contribution in [0.2, 0.25) is 10.0 Å². The van der Waals surface area contributed by atoms with Crippen molar-refractivity contribution in [3.8, 4) is 0 Å². The molecule has 0 spiro atoms. The average Bonchev–Trinajstić information content (AvgIpc) is 3.45. The van der Waals surface area contributed by atoms with Crippen LogP contribution in [-0.4, -0.2) is 31.1 Å². The van der Waals surface area contributed by atoms with E-state index >= 15 is 0 Å². The molecule has 1 aliphatic heterocycles. The Labute approximate surface area is 198 Å². The first-order valence-electron chi connectivity index (χ1n) is 10.8. The zero-order chi connectivity index (χ0) is 22.3. The molecule has 0 aliphatic carbocycles. The number of pyridine rings is 1. The summed E-state index contributed by atoms with van der Waals surface area (Å²) >= 11 is 12.7. The lowest BCUT2D eigenvalue weighted by molar-refractivity contribution is 0.698. The van der Waals surface area contributed by atoms with E-state index in [1.54, 1.807) is 12.4 Å². The molecule has 6 nitrogen and oxygen atoms in total. The predicted molar refractivity (Wildman–Crippen MR) is 134 cm³/mol. The Hall–Kier alpha value is -3.35. The summed E-state index contributed by atoms with van der Waals surface area (Å²) in [5.41, 5.74) is 6.85. The number of nitrogens with one attached hydrogen (secondary N) is 1. The molecule has 1 aliphatic rings. The van der Waals surface area contributed by atoms with Gasteiger partial charge in [-0.1, -0.05) is 41.4 Å². The number of rotatable bonds is 1. The number of H-pyrrole nitrogens is 1. The van der Waals surface area contributed by atoms with Crippen molar-refractivity contribution in [2.45, 2.75) is 19.9 Å². The number of aromatic nitrogens is 5. The number of halogens is 2. The molecule has 4 aromatic heterocycles. The van der Waals surface area contributed by atoms with E-state index in [0.717, 1.165) is 34.8 Å². The summed E-state index contributed by atoms with van der Waals surface area (Å²) in [6.45, 7) is 3.68. The smallest absolute Gasteiger partial charge is 0.225 e. The molecule has 0 atom stereocenters. The van der Waals surface area contributed by atoms with E-state index in [1.807, 2.05) is 6.20 Å². The lowest BCUT2D eigenvalue weighted by Crippen LogP contribution is -2.31. The van der Waals surface area contributed by atoms with Gasteiger partial charge in [-0.15, -0.1) is 0 Å². The largest absolute Gasteiger partial charge is 0.336 e. The lowest BCUT2D eigenvalue weighted by Gasteiger charge is -2.26. The molecule has 8 heteroatoms. The summed E-state index contributed by atoms with van der Waals surface area (Å²) < 4.78 is 2.25. The standard InChI is InChI=1S/C25H18Cl2N6/c1-13-3-2-4-15-17-9-19(27)22-16(5-7-28-22)21(17)24-18-12-32(25-29-10-14(26)11-30-25)8-6-20(18)31-33(24)23(13)15/h2-5,7,9-11,31H,6,8,12H2,1H3. The minimum absolute atomic E-state index is 0.537. The third-order valence-corrected chi connectivity index (χ3v) is 7.20. The molecule has 162 valence electrons. The fraction of sp³-hybridized carbons (Fsp3) is 0.160. The zero-order valence-electron chi connectivity index (χ0n) is 17.7. The van der Waals surface area contributed by atoms with Crippen molar-refractivity contribution in [2.75, 3.05) is 11.4 Å². The molecule has 0 bridgehead atoms. The molecule has 0 fully saturated rings. The highest BCUT2D eigenvalue weighted by atomic mass is 35.5. The van der Waals surface area contributed by atoms with Crippen LogP contribution in [0.25, 0.3) is 38.1 Å². The Morgan fingerprint density at radius 2 is 1.82 bits per heavy atom.